The first kappa shape index (κ1) is 13.3. The summed E-state index contributed by atoms with van der Waals surface area (Å²) >= 11 is 0. The minimum Gasteiger partial charge on any atom is -0.309 e. The number of rotatable bonds is 2. The number of anilines is 1. The largest absolute Gasteiger partial charge is 0.309 e. The van der Waals surface area contributed by atoms with Gasteiger partial charge in [0.25, 0.3) is 5.91 Å². The van der Waals surface area contributed by atoms with E-state index in [9.17, 15) is 4.79 Å². The Morgan fingerprint density at radius 1 is 1.30 bits per heavy atom. The number of nitrogens with zero attached hydrogens (tertiary/aromatic N) is 2. The number of hydrogen-bond acceptors (Lipinski definition) is 3. The lowest BCUT2D eigenvalue weighted by molar-refractivity contribution is -0.119. The Balaban J connectivity index is 2.12. The van der Waals surface area contributed by atoms with Crippen LogP contribution in [0.25, 0.3) is 0 Å². The van der Waals surface area contributed by atoms with Gasteiger partial charge in [0.05, 0.1) is 5.69 Å². The topological polar surface area (TPSA) is 58.7 Å². The SMILES string of the molecule is CCN1C(=O)[C@@H](N)N=C(C2CCCC2)c2ccccc21. The first-order chi connectivity index (χ1) is 9.72. The number of benzene rings is 1. The molecule has 0 saturated heterocycles. The van der Waals surface area contributed by atoms with Crippen molar-refractivity contribution in [3.63, 3.8) is 0 Å². The van der Waals surface area contributed by atoms with Crippen LogP contribution in [0.15, 0.2) is 29.3 Å². The molecule has 20 heavy (non-hydrogen) atoms. The number of carbonyl (C=O) groups is 1. The summed E-state index contributed by atoms with van der Waals surface area (Å²) in [5.74, 6) is 0.347. The zero-order chi connectivity index (χ0) is 14.1. The molecular weight excluding hydrogens is 250 g/mol. The molecule has 1 fully saturated rings. The van der Waals surface area contributed by atoms with Crippen LogP contribution in [0.2, 0.25) is 0 Å². The molecule has 1 saturated carbocycles. The number of benzodiazepines with no additional fused rings is 1. The van der Waals surface area contributed by atoms with Crippen molar-refractivity contribution in [1.29, 1.82) is 0 Å². The van der Waals surface area contributed by atoms with E-state index in [2.05, 4.69) is 11.1 Å². The van der Waals surface area contributed by atoms with Crippen LogP contribution in [0.4, 0.5) is 5.69 Å². The fourth-order valence-corrected chi connectivity index (χ4v) is 3.33. The molecule has 3 rings (SSSR count). The number of carbonyl (C=O) groups excluding carboxylic acids is 1. The van der Waals surface area contributed by atoms with Gasteiger partial charge in [-0.05, 0) is 25.8 Å². The second-order valence-electron chi connectivity index (χ2n) is 5.54. The van der Waals surface area contributed by atoms with Gasteiger partial charge in [-0.2, -0.15) is 0 Å². The van der Waals surface area contributed by atoms with E-state index in [-0.39, 0.29) is 5.91 Å². The maximum Gasteiger partial charge on any atom is 0.266 e. The molecule has 4 nitrogen and oxygen atoms in total. The number of fused-ring (bicyclic) bond motifs is 1. The van der Waals surface area contributed by atoms with E-state index in [0.717, 1.165) is 29.8 Å². The predicted molar refractivity (Wildman–Crippen MR) is 80.9 cm³/mol. The summed E-state index contributed by atoms with van der Waals surface area (Å²) in [6.07, 6.45) is 4.03. The first-order valence-electron chi connectivity index (χ1n) is 7.46. The van der Waals surface area contributed by atoms with Gasteiger partial charge in [-0.3, -0.25) is 9.79 Å². The number of aliphatic imine (C=N–C) groups is 1. The number of nitrogens with two attached hydrogens (primary N) is 1. The normalized spacial score (nSPS) is 23.5. The van der Waals surface area contributed by atoms with Crippen molar-refractivity contribution in [1.82, 2.24) is 0 Å². The molecule has 2 aliphatic rings. The van der Waals surface area contributed by atoms with Gasteiger partial charge in [0, 0.05) is 23.7 Å². The van der Waals surface area contributed by atoms with E-state index in [0.29, 0.717) is 12.5 Å². The van der Waals surface area contributed by atoms with Crippen molar-refractivity contribution < 1.29 is 4.79 Å². The van der Waals surface area contributed by atoms with E-state index in [1.807, 2.05) is 25.1 Å². The average Bonchev–Trinajstić information content (AvgIpc) is 2.96. The van der Waals surface area contributed by atoms with Gasteiger partial charge in [0.2, 0.25) is 0 Å². The van der Waals surface area contributed by atoms with Crippen molar-refractivity contribution in [2.75, 3.05) is 11.4 Å². The van der Waals surface area contributed by atoms with Crippen LogP contribution in [-0.2, 0) is 4.79 Å². The second-order valence-corrected chi connectivity index (χ2v) is 5.54. The maximum atomic E-state index is 12.4. The van der Waals surface area contributed by atoms with Gasteiger partial charge in [-0.25, -0.2) is 0 Å². The third-order valence-corrected chi connectivity index (χ3v) is 4.33. The smallest absolute Gasteiger partial charge is 0.266 e. The van der Waals surface area contributed by atoms with Gasteiger partial charge < -0.3 is 10.6 Å². The van der Waals surface area contributed by atoms with Crippen molar-refractivity contribution in [2.24, 2.45) is 16.6 Å². The molecule has 106 valence electrons. The van der Waals surface area contributed by atoms with Crippen molar-refractivity contribution in [2.45, 2.75) is 38.8 Å². The monoisotopic (exact) mass is 271 g/mol. The molecule has 1 aliphatic carbocycles. The Hall–Kier alpha value is -1.68. The Morgan fingerprint density at radius 2 is 2.00 bits per heavy atom. The highest BCUT2D eigenvalue weighted by Crippen LogP contribution is 2.34. The third-order valence-electron chi connectivity index (χ3n) is 4.33. The standard InChI is InChI=1S/C16H21N3O/c1-2-19-13-10-6-5-9-12(13)14(11-7-3-4-8-11)18-15(17)16(19)20/h5-6,9-11,15H,2-4,7-8,17H2,1H3/t15-/m0/s1. The van der Waals surface area contributed by atoms with Gasteiger partial charge in [0.15, 0.2) is 6.17 Å². The summed E-state index contributed by atoms with van der Waals surface area (Å²) in [6.45, 7) is 2.60. The van der Waals surface area contributed by atoms with Crippen LogP contribution < -0.4 is 10.6 Å². The summed E-state index contributed by atoms with van der Waals surface area (Å²) in [5, 5.41) is 0. The third kappa shape index (κ3) is 2.14. The zero-order valence-corrected chi connectivity index (χ0v) is 11.9. The molecule has 1 aromatic carbocycles. The Bertz CT molecular complexity index is 546. The van der Waals surface area contributed by atoms with E-state index < -0.39 is 6.17 Å². The Kier molecular flexibility index (Phi) is 3.57. The molecule has 4 heteroatoms. The van der Waals surface area contributed by atoms with Gasteiger partial charge in [-0.1, -0.05) is 31.0 Å². The van der Waals surface area contributed by atoms with Crippen LogP contribution in [0.5, 0.6) is 0 Å². The molecule has 1 atom stereocenters. The highest BCUT2D eigenvalue weighted by Gasteiger charge is 2.32. The number of para-hydroxylation sites is 1. The fraction of sp³-hybridized carbons (Fsp3) is 0.500. The van der Waals surface area contributed by atoms with E-state index in [4.69, 9.17) is 5.73 Å². The van der Waals surface area contributed by atoms with Crippen molar-refractivity contribution in [3.05, 3.63) is 29.8 Å². The lowest BCUT2D eigenvalue weighted by atomic mass is 9.94. The summed E-state index contributed by atoms with van der Waals surface area (Å²) < 4.78 is 0. The molecule has 0 spiro atoms. The molecule has 1 aromatic rings. The van der Waals surface area contributed by atoms with Gasteiger partial charge in [-0.15, -0.1) is 0 Å². The van der Waals surface area contributed by atoms with Crippen LogP contribution >= 0.6 is 0 Å². The van der Waals surface area contributed by atoms with Crippen molar-refractivity contribution in [3.8, 4) is 0 Å². The quantitative estimate of drug-likeness (QED) is 0.897. The molecule has 0 unspecified atom stereocenters. The fourth-order valence-electron chi connectivity index (χ4n) is 3.33. The number of likely N-dealkylation sites (N-methyl/N-ethyl adjacent to an activating group) is 1. The highest BCUT2D eigenvalue weighted by atomic mass is 16.2. The van der Waals surface area contributed by atoms with E-state index in [1.165, 1.54) is 12.8 Å². The molecule has 1 heterocycles. The van der Waals surface area contributed by atoms with E-state index in [1.54, 1.807) is 4.90 Å². The second kappa shape index (κ2) is 5.37. The average molecular weight is 271 g/mol. The first-order valence-corrected chi connectivity index (χ1v) is 7.46. The summed E-state index contributed by atoms with van der Waals surface area (Å²) in [7, 11) is 0. The predicted octanol–water partition coefficient (Wildman–Crippen LogP) is 2.32. The van der Waals surface area contributed by atoms with Gasteiger partial charge >= 0.3 is 0 Å². The zero-order valence-electron chi connectivity index (χ0n) is 11.9. The van der Waals surface area contributed by atoms with E-state index >= 15 is 0 Å². The highest BCUT2D eigenvalue weighted by molar-refractivity contribution is 6.13. The van der Waals surface area contributed by atoms with Crippen LogP contribution in [0, 0.1) is 5.92 Å². The molecule has 0 aromatic heterocycles. The molecule has 2 N–H and O–H groups in total. The van der Waals surface area contributed by atoms with Crippen LogP contribution in [-0.4, -0.2) is 24.3 Å². The Labute approximate surface area is 119 Å². The molecule has 0 bridgehead atoms. The lowest BCUT2D eigenvalue weighted by Crippen LogP contribution is -2.42. The van der Waals surface area contributed by atoms with Crippen molar-refractivity contribution >= 4 is 17.3 Å². The Morgan fingerprint density at radius 3 is 2.70 bits per heavy atom. The molecule has 0 radical (unpaired) electrons. The minimum atomic E-state index is -0.766. The van der Waals surface area contributed by atoms with Crippen LogP contribution in [0.3, 0.4) is 0 Å². The van der Waals surface area contributed by atoms with Gasteiger partial charge in [0.1, 0.15) is 0 Å². The number of hydrogen-bond donors (Lipinski definition) is 1. The molecular formula is C16H21N3O. The summed E-state index contributed by atoms with van der Waals surface area (Å²) in [4.78, 5) is 18.7. The lowest BCUT2D eigenvalue weighted by Gasteiger charge is -2.22. The minimum absolute atomic E-state index is 0.104. The van der Waals surface area contributed by atoms with Crippen LogP contribution in [0.1, 0.15) is 38.2 Å². The summed E-state index contributed by atoms with van der Waals surface area (Å²) in [5.41, 5.74) is 9.08. The molecule has 1 aliphatic heterocycles. The maximum absolute atomic E-state index is 12.4. The number of amides is 1. The molecule has 1 amide bonds. The summed E-state index contributed by atoms with van der Waals surface area (Å²) in [6, 6.07) is 8.05.